The summed E-state index contributed by atoms with van der Waals surface area (Å²) in [6, 6.07) is 0. The molecule has 6 heteroatoms. The van der Waals surface area contributed by atoms with Crippen LogP contribution in [0.25, 0.3) is 0 Å². The molecule has 1 aromatic rings. The molecule has 0 aliphatic carbocycles. The van der Waals surface area contributed by atoms with Crippen LogP contribution >= 0.6 is 0 Å². The number of hydrogen-bond donors (Lipinski definition) is 1. The smallest absolute Gasteiger partial charge is 0.164 e. The Kier molecular flexibility index (Phi) is 8.37. The minimum Gasteiger partial charge on any atom is -0.382 e. The van der Waals surface area contributed by atoms with Gasteiger partial charge in [0.2, 0.25) is 0 Å². The van der Waals surface area contributed by atoms with Crippen molar-refractivity contribution in [2.45, 2.75) is 32.9 Å². The highest BCUT2D eigenvalue weighted by Crippen LogP contribution is 1.93. The first-order valence-corrected chi connectivity index (χ1v) is 6.52. The quantitative estimate of drug-likeness (QED) is 0.594. The molecule has 0 bridgehead atoms. The van der Waals surface area contributed by atoms with Crippen molar-refractivity contribution in [3.63, 3.8) is 0 Å². The third-order valence-corrected chi connectivity index (χ3v) is 2.40. The summed E-state index contributed by atoms with van der Waals surface area (Å²) in [5.41, 5.74) is 0. The highest BCUT2D eigenvalue weighted by atomic mass is 16.5. The van der Waals surface area contributed by atoms with Gasteiger partial charge in [0.15, 0.2) is 5.82 Å². The zero-order valence-corrected chi connectivity index (χ0v) is 11.4. The third kappa shape index (κ3) is 6.68. The van der Waals surface area contributed by atoms with Crippen LogP contribution in [0.15, 0.2) is 6.33 Å². The van der Waals surface area contributed by atoms with E-state index in [1.54, 1.807) is 13.4 Å². The first-order chi connectivity index (χ1) is 8.86. The van der Waals surface area contributed by atoms with E-state index >= 15 is 0 Å². The van der Waals surface area contributed by atoms with Crippen molar-refractivity contribution in [1.29, 1.82) is 0 Å². The van der Waals surface area contributed by atoms with Gasteiger partial charge in [-0.25, -0.2) is 4.98 Å². The monoisotopic (exact) mass is 256 g/mol. The fourth-order valence-corrected chi connectivity index (χ4v) is 1.47. The summed E-state index contributed by atoms with van der Waals surface area (Å²) < 4.78 is 12.1. The lowest BCUT2D eigenvalue weighted by atomic mass is 10.4. The number of methoxy groups -OCH3 is 1. The van der Waals surface area contributed by atoms with E-state index in [0.29, 0.717) is 13.2 Å². The number of ether oxygens (including phenoxy) is 2. The molecule has 1 rings (SSSR count). The van der Waals surface area contributed by atoms with E-state index in [1.807, 2.05) is 4.68 Å². The van der Waals surface area contributed by atoms with Gasteiger partial charge in [-0.05, 0) is 19.4 Å². The van der Waals surface area contributed by atoms with Crippen LogP contribution < -0.4 is 5.32 Å². The Bertz CT molecular complexity index is 304. The molecule has 0 saturated carbocycles. The van der Waals surface area contributed by atoms with Crippen LogP contribution in [-0.2, 0) is 22.6 Å². The van der Waals surface area contributed by atoms with E-state index in [1.165, 1.54) is 0 Å². The predicted molar refractivity (Wildman–Crippen MR) is 69.3 cm³/mol. The zero-order chi connectivity index (χ0) is 13.1. The first-order valence-electron chi connectivity index (χ1n) is 6.52. The summed E-state index contributed by atoms with van der Waals surface area (Å²) in [6.45, 7) is 6.76. The van der Waals surface area contributed by atoms with Crippen LogP contribution in [-0.4, -0.2) is 48.2 Å². The largest absolute Gasteiger partial charge is 0.382 e. The molecule has 1 N–H and O–H groups in total. The number of nitrogens with one attached hydrogen (secondary N) is 1. The van der Waals surface area contributed by atoms with Gasteiger partial charge in [0.25, 0.3) is 0 Å². The van der Waals surface area contributed by atoms with Gasteiger partial charge in [-0.2, -0.15) is 5.10 Å². The molecule has 0 spiro atoms. The fourth-order valence-electron chi connectivity index (χ4n) is 1.47. The van der Waals surface area contributed by atoms with Crippen molar-refractivity contribution < 1.29 is 9.47 Å². The van der Waals surface area contributed by atoms with Crippen molar-refractivity contribution in [1.82, 2.24) is 20.1 Å². The number of aromatic nitrogens is 3. The normalized spacial score (nSPS) is 11.0. The third-order valence-electron chi connectivity index (χ3n) is 2.40. The van der Waals surface area contributed by atoms with Crippen LogP contribution in [0.4, 0.5) is 0 Å². The fraction of sp³-hybridized carbons (Fsp3) is 0.833. The molecule has 1 aromatic heterocycles. The van der Waals surface area contributed by atoms with Crippen LogP contribution in [0.1, 0.15) is 25.6 Å². The maximum Gasteiger partial charge on any atom is 0.164 e. The van der Waals surface area contributed by atoms with Gasteiger partial charge < -0.3 is 14.8 Å². The highest BCUT2D eigenvalue weighted by molar-refractivity contribution is 4.80. The highest BCUT2D eigenvalue weighted by Gasteiger charge is 1.99. The lowest BCUT2D eigenvalue weighted by Gasteiger charge is -2.03. The van der Waals surface area contributed by atoms with Crippen molar-refractivity contribution in [3.05, 3.63) is 12.2 Å². The van der Waals surface area contributed by atoms with E-state index in [4.69, 9.17) is 9.47 Å². The van der Waals surface area contributed by atoms with E-state index in [-0.39, 0.29) is 0 Å². The summed E-state index contributed by atoms with van der Waals surface area (Å²) in [4.78, 5) is 4.24. The maximum atomic E-state index is 5.38. The molecule has 0 atom stereocenters. The summed E-state index contributed by atoms with van der Waals surface area (Å²) in [7, 11) is 1.67. The van der Waals surface area contributed by atoms with Gasteiger partial charge >= 0.3 is 0 Å². The molecule has 0 fully saturated rings. The molecule has 0 radical (unpaired) electrons. The molecule has 6 nitrogen and oxygen atoms in total. The second-order valence-corrected chi connectivity index (χ2v) is 4.06. The molecular formula is C12H24N4O2. The van der Waals surface area contributed by atoms with Crippen LogP contribution in [0.2, 0.25) is 0 Å². The lowest BCUT2D eigenvalue weighted by Crippen LogP contribution is -2.15. The van der Waals surface area contributed by atoms with Crippen molar-refractivity contribution >= 4 is 0 Å². The average Bonchev–Trinajstić information content (AvgIpc) is 2.82. The Hall–Kier alpha value is -0.980. The Balaban J connectivity index is 2.07. The standard InChI is InChI=1S/C12H24N4O2/c1-3-5-13-10-12-14-11-16(15-12)6-4-7-18-9-8-17-2/h11,13H,3-10H2,1-2H3. The Morgan fingerprint density at radius 3 is 3.00 bits per heavy atom. The Labute approximate surface area is 109 Å². The zero-order valence-electron chi connectivity index (χ0n) is 11.4. The van der Waals surface area contributed by atoms with Gasteiger partial charge in [0.05, 0.1) is 19.8 Å². The second-order valence-electron chi connectivity index (χ2n) is 4.06. The van der Waals surface area contributed by atoms with E-state index < -0.39 is 0 Å². The topological polar surface area (TPSA) is 61.2 Å². The molecule has 0 aliphatic rings. The van der Waals surface area contributed by atoms with E-state index in [2.05, 4.69) is 22.3 Å². The predicted octanol–water partition coefficient (Wildman–Crippen LogP) is 0.831. The molecule has 104 valence electrons. The number of hydrogen-bond acceptors (Lipinski definition) is 5. The Morgan fingerprint density at radius 1 is 1.33 bits per heavy atom. The van der Waals surface area contributed by atoms with Crippen molar-refractivity contribution in [2.75, 3.05) is 33.5 Å². The van der Waals surface area contributed by atoms with Gasteiger partial charge in [-0.15, -0.1) is 0 Å². The number of aryl methyl sites for hydroxylation is 1. The molecule has 1 heterocycles. The van der Waals surface area contributed by atoms with E-state index in [0.717, 1.165) is 44.9 Å². The molecule has 0 unspecified atom stereocenters. The molecule has 0 aromatic carbocycles. The van der Waals surface area contributed by atoms with Gasteiger partial charge in [0.1, 0.15) is 6.33 Å². The minimum absolute atomic E-state index is 0.649. The average molecular weight is 256 g/mol. The minimum atomic E-state index is 0.649. The molecule has 0 saturated heterocycles. The summed E-state index contributed by atoms with van der Waals surface area (Å²) in [5.74, 6) is 0.851. The second kappa shape index (κ2) is 9.99. The van der Waals surface area contributed by atoms with Crippen LogP contribution in [0.3, 0.4) is 0 Å². The lowest BCUT2D eigenvalue weighted by molar-refractivity contribution is 0.0677. The molecule has 0 aliphatic heterocycles. The summed E-state index contributed by atoms with van der Waals surface area (Å²) in [5, 5.41) is 7.66. The van der Waals surface area contributed by atoms with Crippen molar-refractivity contribution in [2.24, 2.45) is 0 Å². The van der Waals surface area contributed by atoms with E-state index in [9.17, 15) is 0 Å². The Morgan fingerprint density at radius 2 is 2.22 bits per heavy atom. The first kappa shape index (κ1) is 15.1. The van der Waals surface area contributed by atoms with Gasteiger partial charge in [0, 0.05) is 20.3 Å². The van der Waals surface area contributed by atoms with Gasteiger partial charge in [-0.1, -0.05) is 6.92 Å². The van der Waals surface area contributed by atoms with Crippen LogP contribution in [0, 0.1) is 0 Å². The number of rotatable bonds is 11. The number of nitrogens with zero attached hydrogens (tertiary/aromatic N) is 3. The SMILES string of the molecule is CCCNCc1ncn(CCCOCCOC)n1. The molecule has 18 heavy (non-hydrogen) atoms. The maximum absolute atomic E-state index is 5.38. The molecular weight excluding hydrogens is 232 g/mol. The van der Waals surface area contributed by atoms with Gasteiger partial charge in [-0.3, -0.25) is 4.68 Å². The molecule has 0 amide bonds. The summed E-state index contributed by atoms with van der Waals surface area (Å²) >= 11 is 0. The van der Waals surface area contributed by atoms with Crippen molar-refractivity contribution in [3.8, 4) is 0 Å². The van der Waals surface area contributed by atoms with Crippen LogP contribution in [0.5, 0.6) is 0 Å². The summed E-state index contributed by atoms with van der Waals surface area (Å²) in [6.07, 6.45) is 3.84.